The first-order valence-electron chi connectivity index (χ1n) is 9.83. The van der Waals surface area contributed by atoms with Crippen LogP contribution in [0.2, 0.25) is 0 Å². The molecule has 3 rings (SSSR count). The van der Waals surface area contributed by atoms with Crippen LogP contribution in [0, 0.1) is 0 Å². The predicted molar refractivity (Wildman–Crippen MR) is 126 cm³/mol. The molecule has 0 aliphatic carbocycles. The third-order valence-electron chi connectivity index (χ3n) is 4.59. The molecule has 1 aromatic heterocycles. The lowest BCUT2D eigenvalue weighted by molar-refractivity contribution is 0.262. The molecule has 31 heavy (non-hydrogen) atoms. The molecule has 162 valence electrons. The van der Waals surface area contributed by atoms with Gasteiger partial charge in [0.05, 0.1) is 31.8 Å². The van der Waals surface area contributed by atoms with E-state index in [2.05, 4.69) is 36.4 Å². The Hall–Kier alpha value is -3.19. The largest absolute Gasteiger partial charge is 0.497 e. The summed E-state index contributed by atoms with van der Waals surface area (Å²) in [7, 11) is 3.22. The van der Waals surface area contributed by atoms with Crippen molar-refractivity contribution in [3.05, 3.63) is 66.4 Å². The zero-order valence-corrected chi connectivity index (χ0v) is 19.2. The van der Waals surface area contributed by atoms with Gasteiger partial charge in [0.2, 0.25) is 0 Å². The van der Waals surface area contributed by atoms with Gasteiger partial charge in [-0.1, -0.05) is 38.6 Å². The zero-order chi connectivity index (χ0) is 22.4. The highest BCUT2D eigenvalue weighted by Gasteiger charge is 2.17. The topological polar surface area (TPSA) is 72.5 Å². The number of benzene rings is 2. The van der Waals surface area contributed by atoms with Crippen LogP contribution in [-0.2, 0) is 5.41 Å². The van der Waals surface area contributed by atoms with E-state index >= 15 is 0 Å². The Bertz CT molecular complexity index is 1030. The summed E-state index contributed by atoms with van der Waals surface area (Å²) < 4.78 is 10.6. The maximum Gasteiger partial charge on any atom is 0.323 e. The van der Waals surface area contributed by atoms with Gasteiger partial charge in [-0.05, 0) is 59.5 Å². The van der Waals surface area contributed by atoms with E-state index in [1.165, 1.54) is 11.8 Å². The summed E-state index contributed by atoms with van der Waals surface area (Å²) in [4.78, 5) is 18.0. The Morgan fingerprint density at radius 3 is 2.26 bits per heavy atom. The van der Waals surface area contributed by atoms with Crippen molar-refractivity contribution in [2.45, 2.75) is 36.1 Å². The van der Waals surface area contributed by atoms with Crippen molar-refractivity contribution in [2.75, 3.05) is 24.9 Å². The van der Waals surface area contributed by atoms with E-state index in [9.17, 15) is 4.79 Å². The SMILES string of the molecule is COc1ccc(Sc2ccc(NC(=O)Nc3cc(C(C)(C)C)ccc3OC)cn2)cc1. The smallest absolute Gasteiger partial charge is 0.323 e. The van der Waals surface area contributed by atoms with Gasteiger partial charge in [0, 0.05) is 4.90 Å². The van der Waals surface area contributed by atoms with Crippen molar-refractivity contribution in [1.82, 2.24) is 4.98 Å². The second-order valence-corrected chi connectivity index (χ2v) is 9.00. The number of ether oxygens (including phenoxy) is 2. The maximum atomic E-state index is 12.5. The van der Waals surface area contributed by atoms with Gasteiger partial charge < -0.3 is 20.1 Å². The number of nitrogens with one attached hydrogen (secondary N) is 2. The van der Waals surface area contributed by atoms with Crippen LogP contribution in [0.3, 0.4) is 0 Å². The summed E-state index contributed by atoms with van der Waals surface area (Å²) in [5.41, 5.74) is 2.28. The van der Waals surface area contributed by atoms with E-state index in [-0.39, 0.29) is 11.4 Å². The Kier molecular flexibility index (Phi) is 7.07. The summed E-state index contributed by atoms with van der Waals surface area (Å²) in [6, 6.07) is 16.9. The Morgan fingerprint density at radius 1 is 0.935 bits per heavy atom. The molecule has 0 spiro atoms. The number of hydrogen-bond acceptors (Lipinski definition) is 5. The molecule has 0 aliphatic heterocycles. The lowest BCUT2D eigenvalue weighted by Gasteiger charge is -2.21. The van der Waals surface area contributed by atoms with Crippen molar-refractivity contribution in [1.29, 1.82) is 0 Å². The van der Waals surface area contributed by atoms with Crippen molar-refractivity contribution in [3.63, 3.8) is 0 Å². The highest BCUT2D eigenvalue weighted by atomic mass is 32.2. The van der Waals surface area contributed by atoms with Crippen molar-refractivity contribution in [3.8, 4) is 11.5 Å². The first-order valence-corrected chi connectivity index (χ1v) is 10.6. The minimum atomic E-state index is -0.360. The van der Waals surface area contributed by atoms with Gasteiger partial charge in [0.15, 0.2) is 0 Å². The molecule has 6 nitrogen and oxygen atoms in total. The second kappa shape index (κ2) is 9.75. The number of rotatable bonds is 6. The normalized spacial score (nSPS) is 11.0. The number of methoxy groups -OCH3 is 2. The molecule has 2 aromatic carbocycles. The van der Waals surface area contributed by atoms with Crippen LogP contribution < -0.4 is 20.1 Å². The van der Waals surface area contributed by atoms with E-state index in [1.807, 2.05) is 54.6 Å². The molecule has 2 N–H and O–H groups in total. The number of amides is 2. The molecule has 2 amide bonds. The lowest BCUT2D eigenvalue weighted by Crippen LogP contribution is -2.20. The number of anilines is 2. The standard InChI is InChI=1S/C24H27N3O3S/c1-24(2,3)16-6-12-21(30-5)20(14-16)27-23(28)26-17-7-13-22(25-15-17)31-19-10-8-18(29-4)9-11-19/h6-15H,1-5H3,(H2,26,27,28). The number of carbonyl (C=O) groups excluding carboxylic acids is 1. The molecular weight excluding hydrogens is 410 g/mol. The molecule has 3 aromatic rings. The van der Waals surface area contributed by atoms with Crippen LogP contribution in [0.1, 0.15) is 26.3 Å². The molecule has 0 aliphatic rings. The van der Waals surface area contributed by atoms with Gasteiger partial charge in [-0.25, -0.2) is 9.78 Å². The van der Waals surface area contributed by atoms with Crippen LogP contribution in [0.5, 0.6) is 11.5 Å². The molecular formula is C24H27N3O3S. The van der Waals surface area contributed by atoms with E-state index in [0.717, 1.165) is 21.2 Å². The third-order valence-corrected chi connectivity index (χ3v) is 5.55. The number of aromatic nitrogens is 1. The average molecular weight is 438 g/mol. The quantitative estimate of drug-likeness (QED) is 0.481. The molecule has 0 saturated heterocycles. The van der Waals surface area contributed by atoms with Gasteiger partial charge in [0.1, 0.15) is 16.5 Å². The minimum Gasteiger partial charge on any atom is -0.497 e. The third kappa shape index (κ3) is 6.15. The fourth-order valence-corrected chi connectivity index (χ4v) is 3.59. The second-order valence-electron chi connectivity index (χ2n) is 7.91. The van der Waals surface area contributed by atoms with Crippen molar-refractivity contribution < 1.29 is 14.3 Å². The average Bonchev–Trinajstić information content (AvgIpc) is 2.75. The van der Waals surface area contributed by atoms with Crippen LogP contribution in [0.4, 0.5) is 16.2 Å². The fourth-order valence-electron chi connectivity index (χ4n) is 2.84. The summed E-state index contributed by atoms with van der Waals surface area (Å²) >= 11 is 1.53. The molecule has 0 fully saturated rings. The van der Waals surface area contributed by atoms with Gasteiger partial charge in [-0.2, -0.15) is 0 Å². The summed E-state index contributed by atoms with van der Waals surface area (Å²) in [5, 5.41) is 6.51. The van der Waals surface area contributed by atoms with E-state index < -0.39 is 0 Å². The molecule has 0 bridgehead atoms. The Morgan fingerprint density at radius 2 is 1.68 bits per heavy atom. The Labute approximate surface area is 187 Å². The number of pyridine rings is 1. The fraction of sp³-hybridized carbons (Fsp3) is 0.250. The summed E-state index contributed by atoms with van der Waals surface area (Å²) in [6.45, 7) is 6.36. The first-order chi connectivity index (χ1) is 14.8. The molecule has 0 unspecified atom stereocenters. The zero-order valence-electron chi connectivity index (χ0n) is 18.4. The van der Waals surface area contributed by atoms with Crippen molar-refractivity contribution in [2.24, 2.45) is 0 Å². The molecule has 1 heterocycles. The summed E-state index contributed by atoms with van der Waals surface area (Å²) in [6.07, 6.45) is 1.63. The van der Waals surface area contributed by atoms with Crippen LogP contribution in [0.15, 0.2) is 70.7 Å². The number of nitrogens with zero attached hydrogens (tertiary/aromatic N) is 1. The first kappa shape index (κ1) is 22.5. The van der Waals surface area contributed by atoms with Gasteiger partial charge in [0.25, 0.3) is 0 Å². The summed E-state index contributed by atoms with van der Waals surface area (Å²) in [5.74, 6) is 1.42. The maximum absolute atomic E-state index is 12.5. The minimum absolute atomic E-state index is 0.0412. The van der Waals surface area contributed by atoms with E-state index in [0.29, 0.717) is 17.1 Å². The molecule has 0 saturated carbocycles. The number of urea groups is 1. The number of hydrogen-bond donors (Lipinski definition) is 2. The Balaban J connectivity index is 1.64. The van der Waals surface area contributed by atoms with Crippen molar-refractivity contribution >= 4 is 29.2 Å². The van der Waals surface area contributed by atoms with E-state index in [1.54, 1.807) is 20.4 Å². The lowest BCUT2D eigenvalue weighted by atomic mass is 9.87. The van der Waals surface area contributed by atoms with E-state index in [4.69, 9.17) is 9.47 Å². The van der Waals surface area contributed by atoms with Gasteiger partial charge in [-0.3, -0.25) is 0 Å². The monoisotopic (exact) mass is 437 g/mol. The number of carbonyl (C=O) groups is 1. The molecule has 0 radical (unpaired) electrons. The van der Waals surface area contributed by atoms with Crippen LogP contribution >= 0.6 is 11.8 Å². The van der Waals surface area contributed by atoms with Gasteiger partial charge >= 0.3 is 6.03 Å². The van der Waals surface area contributed by atoms with Gasteiger partial charge in [-0.15, -0.1) is 0 Å². The predicted octanol–water partition coefficient (Wildman–Crippen LogP) is 6.19. The van der Waals surface area contributed by atoms with Crippen LogP contribution in [0.25, 0.3) is 0 Å². The van der Waals surface area contributed by atoms with Crippen LogP contribution in [-0.4, -0.2) is 25.2 Å². The highest BCUT2D eigenvalue weighted by Crippen LogP contribution is 2.32. The molecule has 7 heteroatoms. The highest BCUT2D eigenvalue weighted by molar-refractivity contribution is 7.99. The molecule has 0 atom stereocenters.